The van der Waals surface area contributed by atoms with Crippen molar-refractivity contribution in [3.05, 3.63) is 23.8 Å². The van der Waals surface area contributed by atoms with Crippen molar-refractivity contribution in [2.45, 2.75) is 38.1 Å². The van der Waals surface area contributed by atoms with Gasteiger partial charge in [0.25, 0.3) is 0 Å². The largest absolute Gasteiger partial charge is 0.497 e. The summed E-state index contributed by atoms with van der Waals surface area (Å²) in [6.45, 7) is 0. The fraction of sp³-hybridized carbons (Fsp3) is 0.533. The van der Waals surface area contributed by atoms with Crippen LogP contribution in [0.3, 0.4) is 0 Å². The molecule has 0 saturated heterocycles. The number of ether oxygens (including phenoxy) is 1. The Morgan fingerprint density at radius 1 is 1.35 bits per heavy atom. The highest BCUT2D eigenvalue weighted by molar-refractivity contribution is 6.02. The molecule has 1 aliphatic carbocycles. The summed E-state index contributed by atoms with van der Waals surface area (Å²) in [7, 11) is 3.71. The summed E-state index contributed by atoms with van der Waals surface area (Å²) in [4.78, 5) is 2.23. The van der Waals surface area contributed by atoms with Crippen molar-refractivity contribution in [2.24, 2.45) is 10.9 Å². The molecule has 0 bridgehead atoms. The zero-order valence-corrected chi connectivity index (χ0v) is 12.2. The van der Waals surface area contributed by atoms with Crippen molar-refractivity contribution in [3.8, 4) is 5.75 Å². The Morgan fingerprint density at radius 2 is 2.05 bits per heavy atom. The van der Waals surface area contributed by atoms with Crippen LogP contribution in [-0.2, 0) is 0 Å². The summed E-state index contributed by atoms with van der Waals surface area (Å²) < 4.78 is 5.29. The Hall–Kier alpha value is -1.91. The minimum atomic E-state index is 0.130. The number of rotatable bonds is 4. The molecule has 1 aliphatic rings. The average molecular weight is 277 g/mol. The maximum atomic E-state index is 8.94. The Labute approximate surface area is 120 Å². The van der Waals surface area contributed by atoms with Crippen molar-refractivity contribution in [1.29, 1.82) is 0 Å². The molecular weight excluding hydrogens is 254 g/mol. The number of nitrogens with two attached hydrogens (primary N) is 1. The summed E-state index contributed by atoms with van der Waals surface area (Å²) in [5, 5.41) is 12.1. The summed E-state index contributed by atoms with van der Waals surface area (Å²) in [6.07, 6.45) is 6.21. The van der Waals surface area contributed by atoms with Gasteiger partial charge in [0.2, 0.25) is 0 Å². The van der Waals surface area contributed by atoms with E-state index < -0.39 is 0 Å². The van der Waals surface area contributed by atoms with E-state index in [1.165, 1.54) is 32.1 Å². The van der Waals surface area contributed by atoms with Crippen LogP contribution in [0.25, 0.3) is 0 Å². The van der Waals surface area contributed by atoms with Crippen molar-refractivity contribution >= 4 is 11.5 Å². The van der Waals surface area contributed by atoms with Gasteiger partial charge in [-0.25, -0.2) is 0 Å². The van der Waals surface area contributed by atoms with Crippen LogP contribution in [0.2, 0.25) is 0 Å². The average Bonchev–Trinajstić information content (AvgIpc) is 2.53. The molecule has 0 radical (unpaired) electrons. The number of nitrogens with zero attached hydrogens (tertiary/aromatic N) is 2. The van der Waals surface area contributed by atoms with Crippen LogP contribution < -0.4 is 15.4 Å². The number of oxime groups is 1. The monoisotopic (exact) mass is 277 g/mol. The van der Waals surface area contributed by atoms with E-state index in [9.17, 15) is 0 Å². The lowest BCUT2D eigenvalue weighted by Gasteiger charge is -2.34. The Kier molecular flexibility index (Phi) is 4.71. The first-order valence-electron chi connectivity index (χ1n) is 7.06. The third-order valence-corrected chi connectivity index (χ3v) is 4.09. The standard InChI is InChI=1S/C15H23N3O2/c1-18(11-6-4-3-5-7-11)14-10-12(20-2)8-9-13(14)15(16)17-19/h8-11,19H,3-7H2,1-2H3,(H2,16,17). The minimum absolute atomic E-state index is 0.130. The lowest BCUT2D eigenvalue weighted by Crippen LogP contribution is -2.35. The molecule has 5 nitrogen and oxygen atoms in total. The van der Waals surface area contributed by atoms with Gasteiger partial charge in [0.1, 0.15) is 5.75 Å². The topological polar surface area (TPSA) is 71.1 Å². The molecule has 3 N–H and O–H groups in total. The quantitative estimate of drug-likeness (QED) is 0.384. The number of anilines is 1. The predicted molar refractivity (Wildman–Crippen MR) is 80.8 cm³/mol. The fourth-order valence-electron chi connectivity index (χ4n) is 2.87. The van der Waals surface area contributed by atoms with E-state index in [1.807, 2.05) is 18.2 Å². The van der Waals surface area contributed by atoms with Gasteiger partial charge < -0.3 is 20.6 Å². The molecule has 1 saturated carbocycles. The molecule has 0 heterocycles. The molecule has 20 heavy (non-hydrogen) atoms. The van der Waals surface area contributed by atoms with E-state index in [2.05, 4.69) is 17.1 Å². The number of hydrogen-bond donors (Lipinski definition) is 2. The number of amidine groups is 1. The van der Waals surface area contributed by atoms with Crippen molar-refractivity contribution in [3.63, 3.8) is 0 Å². The van der Waals surface area contributed by atoms with Crippen LogP contribution in [0.15, 0.2) is 23.4 Å². The van der Waals surface area contributed by atoms with Crippen molar-refractivity contribution < 1.29 is 9.94 Å². The molecule has 0 unspecified atom stereocenters. The first-order chi connectivity index (χ1) is 9.67. The van der Waals surface area contributed by atoms with Gasteiger partial charge in [-0.2, -0.15) is 0 Å². The Balaban J connectivity index is 2.35. The third kappa shape index (κ3) is 2.98. The third-order valence-electron chi connectivity index (χ3n) is 4.09. The SMILES string of the molecule is COc1ccc(/C(N)=N/O)c(N(C)C2CCCCC2)c1. The van der Waals surface area contributed by atoms with Crippen molar-refractivity contribution in [1.82, 2.24) is 0 Å². The molecule has 1 fully saturated rings. The van der Waals surface area contributed by atoms with Gasteiger partial charge in [-0.3, -0.25) is 0 Å². The van der Waals surface area contributed by atoms with Crippen LogP contribution in [0, 0.1) is 0 Å². The van der Waals surface area contributed by atoms with E-state index in [4.69, 9.17) is 15.7 Å². The van der Waals surface area contributed by atoms with E-state index in [-0.39, 0.29) is 5.84 Å². The molecule has 0 amide bonds. The highest BCUT2D eigenvalue weighted by atomic mass is 16.5. The van der Waals surface area contributed by atoms with E-state index in [1.54, 1.807) is 7.11 Å². The molecule has 1 aromatic carbocycles. The molecule has 0 aromatic heterocycles. The van der Waals surface area contributed by atoms with Gasteiger partial charge in [-0.05, 0) is 25.0 Å². The van der Waals surface area contributed by atoms with Crippen molar-refractivity contribution in [2.75, 3.05) is 19.1 Å². The number of hydrogen-bond acceptors (Lipinski definition) is 4. The summed E-state index contributed by atoms with van der Waals surface area (Å²) >= 11 is 0. The lowest BCUT2D eigenvalue weighted by atomic mass is 9.93. The Bertz CT molecular complexity index is 482. The molecule has 5 heteroatoms. The van der Waals surface area contributed by atoms with Gasteiger partial charge >= 0.3 is 0 Å². The zero-order chi connectivity index (χ0) is 14.5. The van der Waals surface area contributed by atoms with E-state index in [0.29, 0.717) is 6.04 Å². The highest BCUT2D eigenvalue weighted by Gasteiger charge is 2.21. The van der Waals surface area contributed by atoms with Crippen LogP contribution in [0.1, 0.15) is 37.7 Å². The summed E-state index contributed by atoms with van der Waals surface area (Å²) in [5.41, 5.74) is 7.47. The molecular formula is C15H23N3O2. The molecule has 0 atom stereocenters. The van der Waals surface area contributed by atoms with Crippen LogP contribution in [0.5, 0.6) is 5.75 Å². The number of methoxy groups -OCH3 is 1. The first kappa shape index (κ1) is 14.5. The normalized spacial score (nSPS) is 17.0. The Morgan fingerprint density at radius 3 is 2.65 bits per heavy atom. The molecule has 110 valence electrons. The second kappa shape index (κ2) is 6.50. The zero-order valence-electron chi connectivity index (χ0n) is 12.2. The van der Waals surface area contributed by atoms with Gasteiger partial charge in [-0.1, -0.05) is 24.4 Å². The second-order valence-corrected chi connectivity index (χ2v) is 5.27. The van der Waals surface area contributed by atoms with Gasteiger partial charge in [0.05, 0.1) is 12.8 Å². The van der Waals surface area contributed by atoms with Crippen LogP contribution >= 0.6 is 0 Å². The molecule has 2 rings (SSSR count). The fourth-order valence-corrected chi connectivity index (χ4v) is 2.87. The van der Waals surface area contributed by atoms with Crippen LogP contribution in [0.4, 0.5) is 5.69 Å². The molecule has 0 spiro atoms. The maximum Gasteiger partial charge on any atom is 0.172 e. The van der Waals surface area contributed by atoms with E-state index in [0.717, 1.165) is 17.0 Å². The van der Waals surface area contributed by atoms with Crippen LogP contribution in [-0.4, -0.2) is 31.2 Å². The van der Waals surface area contributed by atoms with Gasteiger partial charge in [-0.15, -0.1) is 0 Å². The first-order valence-corrected chi connectivity index (χ1v) is 7.06. The number of benzene rings is 1. The molecule has 1 aromatic rings. The van der Waals surface area contributed by atoms with Gasteiger partial charge in [0, 0.05) is 24.7 Å². The van der Waals surface area contributed by atoms with Gasteiger partial charge in [0.15, 0.2) is 5.84 Å². The second-order valence-electron chi connectivity index (χ2n) is 5.27. The predicted octanol–water partition coefficient (Wildman–Crippen LogP) is 2.56. The minimum Gasteiger partial charge on any atom is -0.497 e. The smallest absolute Gasteiger partial charge is 0.172 e. The lowest BCUT2D eigenvalue weighted by molar-refractivity contribution is 0.318. The highest BCUT2D eigenvalue weighted by Crippen LogP contribution is 2.31. The molecule has 0 aliphatic heterocycles. The maximum absolute atomic E-state index is 8.94. The summed E-state index contributed by atoms with van der Waals surface area (Å²) in [6, 6.07) is 6.11. The summed E-state index contributed by atoms with van der Waals surface area (Å²) in [5.74, 6) is 0.905. The van der Waals surface area contributed by atoms with E-state index >= 15 is 0 Å².